The lowest BCUT2D eigenvalue weighted by molar-refractivity contribution is -0.432. The number of hydrogen-bond acceptors (Lipinski definition) is 20. The number of hydrogen-bond donors (Lipinski definition) is 6. The van der Waals surface area contributed by atoms with Crippen molar-refractivity contribution in [2.75, 3.05) is 5.73 Å². The zero-order chi connectivity index (χ0) is 45.2. The maximum atomic E-state index is 12.2. The number of anilines is 1. The molecule has 0 bridgehead atoms. The highest BCUT2D eigenvalue weighted by Crippen LogP contribution is 2.46. The van der Waals surface area contributed by atoms with Gasteiger partial charge in [-0.1, -0.05) is 52.5 Å². The number of phenolic OH excluding ortho intramolecular Hbond substituents is 1. The Hall–Kier alpha value is -6.52. The van der Waals surface area contributed by atoms with Crippen molar-refractivity contribution in [1.82, 2.24) is 0 Å². The van der Waals surface area contributed by atoms with Gasteiger partial charge >= 0.3 is 0 Å². The molecule has 64 heavy (non-hydrogen) atoms. The van der Waals surface area contributed by atoms with Crippen molar-refractivity contribution in [3.63, 3.8) is 0 Å². The molecule has 0 aliphatic carbocycles. The van der Waals surface area contributed by atoms with Crippen LogP contribution in [0.1, 0.15) is 0 Å². The second kappa shape index (κ2) is 18.3. The monoisotopic (exact) mass is 941 g/mol. The maximum Gasteiger partial charge on any atom is 0.295 e. The average Bonchev–Trinajstić information content (AvgIpc) is 3.27. The second-order valence-corrected chi connectivity index (χ2v) is 17.6. The van der Waals surface area contributed by atoms with Gasteiger partial charge in [-0.2, -0.15) is 21.9 Å². The van der Waals surface area contributed by atoms with Crippen LogP contribution < -0.4 is 5.73 Å². The summed E-state index contributed by atoms with van der Waals surface area (Å²) in [6.45, 7) is 0. The number of aromatic hydroxyl groups is 1. The summed E-state index contributed by atoms with van der Waals surface area (Å²) in [4.78, 5) is -0.380. The Kier molecular flexibility index (Phi) is 12.6. The second-order valence-electron chi connectivity index (χ2n) is 13.3. The van der Waals surface area contributed by atoms with E-state index in [-0.39, 0.29) is 54.0 Å². The van der Waals surface area contributed by atoms with Crippen molar-refractivity contribution >= 4 is 127 Å². The largest absolute Gasteiger partial charge is 0.505 e. The van der Waals surface area contributed by atoms with Gasteiger partial charge in [0.25, 0.3) is 20.2 Å². The van der Waals surface area contributed by atoms with E-state index in [1.54, 1.807) is 72.8 Å². The zero-order valence-corrected chi connectivity index (χ0v) is 35.2. The van der Waals surface area contributed by atoms with Gasteiger partial charge in [0.2, 0.25) is 0 Å². The van der Waals surface area contributed by atoms with Crippen LogP contribution in [0.4, 0.5) is 39.8 Å². The van der Waals surface area contributed by atoms with E-state index in [4.69, 9.17) is 16.2 Å². The molecule has 0 amide bonds. The van der Waals surface area contributed by atoms with Gasteiger partial charge in [0, 0.05) is 42.9 Å². The molecule has 0 unspecified atom stereocenters. The maximum absolute atomic E-state index is 12.2. The molecule has 7 N–H and O–H groups in total. The normalized spacial score (nSPS) is 12.6. The van der Waals surface area contributed by atoms with E-state index in [9.17, 15) is 31.0 Å². The lowest BCUT2D eigenvalue weighted by Crippen LogP contribution is -1.99. The first-order valence-corrected chi connectivity index (χ1v) is 22.3. The Morgan fingerprint density at radius 3 is 1.69 bits per heavy atom. The van der Waals surface area contributed by atoms with Crippen LogP contribution in [0.25, 0.3) is 43.1 Å². The van der Waals surface area contributed by atoms with Crippen molar-refractivity contribution < 1.29 is 60.3 Å². The molecule has 0 spiro atoms. The van der Waals surface area contributed by atoms with Gasteiger partial charge in [0.1, 0.15) is 10.6 Å². The van der Waals surface area contributed by atoms with Crippen LogP contribution in [0.5, 0.6) is 5.75 Å². The Balaban J connectivity index is 1.17. The molecule has 8 aromatic carbocycles. The van der Waals surface area contributed by atoms with E-state index in [0.29, 0.717) is 73.5 Å². The van der Waals surface area contributed by atoms with Crippen LogP contribution in [0.15, 0.2) is 172 Å². The summed E-state index contributed by atoms with van der Waals surface area (Å²) >= 11 is 1.09. The molecule has 0 aromatic heterocycles. The molecule has 24 heteroatoms. The number of nitrogens with zero attached hydrogens (tertiary/aromatic N) is 6. The Labute approximate surface area is 368 Å². The van der Waals surface area contributed by atoms with Gasteiger partial charge in [0.15, 0.2) is 5.75 Å². The van der Waals surface area contributed by atoms with Gasteiger partial charge in [-0.05, 0) is 89.6 Å². The third-order valence-electron chi connectivity index (χ3n) is 9.48. The molecular weight excluding hydrogens is 915 g/mol. The van der Waals surface area contributed by atoms with Crippen LogP contribution in [0, 0.1) is 0 Å². The first kappa shape index (κ1) is 44.1. The van der Waals surface area contributed by atoms with E-state index in [0.717, 1.165) is 0 Å². The number of benzene rings is 8. The number of azo groups is 3. The molecule has 0 atom stereocenters. The summed E-state index contributed by atoms with van der Waals surface area (Å²) in [6, 6.07) is 30.6. The Morgan fingerprint density at radius 1 is 0.500 bits per heavy atom. The third-order valence-corrected chi connectivity index (χ3v) is 12.5. The minimum atomic E-state index is -4.68. The number of nitrogen functional groups attached to an aromatic ring is 1. The smallest absolute Gasteiger partial charge is 0.295 e. The van der Waals surface area contributed by atoms with Gasteiger partial charge in [0.05, 0.1) is 62.3 Å². The van der Waals surface area contributed by atoms with Crippen LogP contribution in [0.2, 0.25) is 0 Å². The van der Waals surface area contributed by atoms with Crippen LogP contribution in [-0.2, 0) is 39.0 Å². The molecule has 8 rings (SSSR count). The molecule has 0 fully saturated rings. The van der Waals surface area contributed by atoms with E-state index in [1.165, 1.54) is 48.5 Å². The summed E-state index contributed by atoms with van der Waals surface area (Å²) in [6.07, 6.45) is 0. The number of phenols is 1. The molecule has 0 saturated carbocycles. The quantitative estimate of drug-likeness (QED) is 0.0147. The van der Waals surface area contributed by atoms with Crippen molar-refractivity contribution in [3.8, 4) is 5.75 Å². The number of nitrogens with two attached hydrogens (primary N) is 1. The highest BCUT2D eigenvalue weighted by atomic mass is 32.2. The minimum Gasteiger partial charge on any atom is -0.505 e. The lowest BCUT2D eigenvalue weighted by Gasteiger charge is -2.10. The highest BCUT2D eigenvalue weighted by Gasteiger charge is 2.19. The molecule has 20 nitrogen and oxygen atoms in total. The van der Waals surface area contributed by atoms with E-state index >= 15 is 0 Å². The zero-order valence-electron chi connectivity index (χ0n) is 31.9. The van der Waals surface area contributed by atoms with Crippen molar-refractivity contribution in [2.24, 2.45) is 30.7 Å². The molecular formula is C40H27N7O13S4. The van der Waals surface area contributed by atoms with Crippen molar-refractivity contribution in [3.05, 3.63) is 121 Å². The van der Waals surface area contributed by atoms with Gasteiger partial charge < -0.3 is 10.8 Å². The Bertz CT molecular complexity index is 3490. The predicted molar refractivity (Wildman–Crippen MR) is 235 cm³/mol. The van der Waals surface area contributed by atoms with Crippen LogP contribution in [0.3, 0.4) is 0 Å². The summed E-state index contributed by atoms with van der Waals surface area (Å²) < 4.78 is 77.9. The summed E-state index contributed by atoms with van der Waals surface area (Å²) in [7, 11) is -9.33. The molecule has 0 heterocycles. The predicted octanol–water partition coefficient (Wildman–Crippen LogP) is 12.2. The summed E-state index contributed by atoms with van der Waals surface area (Å²) in [5, 5.41) is 65.6. The fraction of sp³-hybridized carbons (Fsp3) is 0. The molecule has 8 aromatic rings. The first-order valence-electron chi connectivity index (χ1n) is 17.9. The van der Waals surface area contributed by atoms with Crippen molar-refractivity contribution in [1.29, 1.82) is 0 Å². The average molecular weight is 942 g/mol. The number of rotatable bonds is 14. The first-order chi connectivity index (χ1) is 30.7. The summed E-state index contributed by atoms with van der Waals surface area (Å²) in [5.41, 5.74) is 7.57. The fourth-order valence-electron chi connectivity index (χ4n) is 6.69. The highest BCUT2D eigenvalue weighted by molar-refractivity contribution is 7.95. The van der Waals surface area contributed by atoms with Gasteiger partial charge in [-0.15, -0.1) is 34.2 Å². The standard InChI is InChI=1S/C40H27N7O13S4/c41-22-8-10-25-21(16-22)17-37(62-60-58-50)39(40(25)48)47-46-35-15-14-34(28-11-9-24(20-30(28)35)63(51,52)53)45-44-33-13-12-32(26-4-1-2-5-27(26)33)43-42-23-18-31-29(36(19-23)61-59-57-49)6-3-7-38(31)64(54,55)56/h1-20,48-50H,41H2,(H,51,52,53)(H,54,55,56). The van der Waals surface area contributed by atoms with Crippen LogP contribution >= 0.6 is 24.1 Å². The number of fused-ring (bicyclic) bond motifs is 4. The molecule has 0 radical (unpaired) electrons. The molecule has 0 aliphatic rings. The minimum absolute atomic E-state index is 0.0907. The van der Waals surface area contributed by atoms with Gasteiger partial charge in [-0.3, -0.25) is 9.11 Å². The van der Waals surface area contributed by atoms with Crippen molar-refractivity contribution in [2.45, 2.75) is 19.6 Å². The summed E-state index contributed by atoms with van der Waals surface area (Å²) in [5.74, 6) is -0.311. The van der Waals surface area contributed by atoms with E-state index in [1.807, 2.05) is 0 Å². The fourth-order valence-corrected chi connectivity index (χ4v) is 8.93. The van der Waals surface area contributed by atoms with E-state index in [2.05, 4.69) is 49.4 Å². The SMILES string of the molecule is Nc1ccc2c(O)c(N=Nc3ccc(N=Nc4ccc(N=Nc5cc(SOOO)c6cccc(S(=O)(=O)O)c6c5)c5ccccc45)c4ccc(S(=O)(=O)O)cc34)c(SOOO)cc2c1. The molecule has 0 aliphatic heterocycles. The molecule has 0 saturated heterocycles. The van der Waals surface area contributed by atoms with E-state index < -0.39 is 25.1 Å². The Morgan fingerprint density at radius 2 is 1.06 bits per heavy atom. The molecule has 324 valence electrons. The topological polar surface area (TPSA) is 307 Å². The third kappa shape index (κ3) is 9.24. The van der Waals surface area contributed by atoms with Gasteiger partial charge in [-0.25, -0.2) is 10.5 Å². The van der Waals surface area contributed by atoms with Crippen LogP contribution in [-0.4, -0.2) is 41.6 Å². The lowest BCUT2D eigenvalue weighted by atomic mass is 10.1.